The van der Waals surface area contributed by atoms with Crippen LogP contribution in [0.25, 0.3) is 22.5 Å². The number of halogens is 1. The number of aryl methyl sites for hydroxylation is 1. The molecule has 0 amide bonds. The molecule has 1 saturated carbocycles. The van der Waals surface area contributed by atoms with Crippen LogP contribution in [0.4, 0.5) is 4.39 Å². The van der Waals surface area contributed by atoms with E-state index >= 15 is 0 Å². The van der Waals surface area contributed by atoms with Gasteiger partial charge in [0.2, 0.25) is 0 Å². The number of hydrogen-bond acceptors (Lipinski definition) is 2. The van der Waals surface area contributed by atoms with Gasteiger partial charge in [0.05, 0.1) is 23.2 Å². The summed E-state index contributed by atoms with van der Waals surface area (Å²) in [6.07, 6.45) is 8.13. The Morgan fingerprint density at radius 1 is 1.03 bits per heavy atom. The molecule has 1 fully saturated rings. The second-order valence-corrected chi connectivity index (χ2v) is 9.83. The minimum Gasteiger partial charge on any atom is -0.389 e. The summed E-state index contributed by atoms with van der Waals surface area (Å²) in [5, 5.41) is 19.0. The average molecular weight is 439 g/mol. The van der Waals surface area contributed by atoms with Crippen molar-refractivity contribution in [1.29, 1.82) is 0 Å². The van der Waals surface area contributed by atoms with E-state index in [1.807, 2.05) is 10.9 Å². The van der Waals surface area contributed by atoms with Crippen molar-refractivity contribution >= 4 is 16.8 Å². The van der Waals surface area contributed by atoms with Gasteiger partial charge in [-0.3, -0.25) is 0 Å². The lowest BCUT2D eigenvalue weighted by atomic mass is 9.65. The van der Waals surface area contributed by atoms with E-state index in [2.05, 4.69) is 60.6 Å². The molecule has 0 unspecified atom stereocenters. The third-order valence-corrected chi connectivity index (χ3v) is 8.00. The number of aromatic nitrogens is 2. The molecule has 1 aromatic heterocycles. The molecule has 2 aliphatic rings. The number of aliphatic hydroxyl groups is 1. The number of hydrogen-bond donors (Lipinski definition) is 1. The van der Waals surface area contributed by atoms with Crippen molar-refractivity contribution in [2.45, 2.75) is 44.6 Å². The van der Waals surface area contributed by atoms with E-state index in [9.17, 15) is 9.50 Å². The van der Waals surface area contributed by atoms with E-state index in [1.54, 1.807) is 12.1 Å². The Labute approximate surface area is 193 Å². The third-order valence-electron chi connectivity index (χ3n) is 8.00. The van der Waals surface area contributed by atoms with Crippen molar-refractivity contribution in [1.82, 2.24) is 9.78 Å². The Morgan fingerprint density at radius 3 is 2.64 bits per heavy atom. The maximum atomic E-state index is 13.4. The zero-order valence-corrected chi connectivity index (χ0v) is 18.8. The van der Waals surface area contributed by atoms with Crippen molar-refractivity contribution in [3.05, 3.63) is 101 Å². The maximum absolute atomic E-state index is 13.4. The molecule has 1 N–H and O–H groups in total. The molecule has 3 aromatic carbocycles. The summed E-state index contributed by atoms with van der Waals surface area (Å²) >= 11 is 0. The minimum atomic E-state index is -0.750. The molecule has 0 bridgehead atoms. The molecule has 0 radical (unpaired) electrons. The number of benzene rings is 3. The molecule has 0 saturated heterocycles. The van der Waals surface area contributed by atoms with Crippen molar-refractivity contribution in [2.24, 2.45) is 5.41 Å². The van der Waals surface area contributed by atoms with Gasteiger partial charge in [0, 0.05) is 5.41 Å². The zero-order valence-electron chi connectivity index (χ0n) is 18.8. The topological polar surface area (TPSA) is 38.0 Å². The fraction of sp³-hybridized carbons (Fsp3) is 0.276. The molecule has 0 aliphatic heterocycles. The Bertz CT molecular complexity index is 1390. The SMILES string of the molecule is C[C@]12Cc3cnn(-c4ccc(F)cc4)c3C=C1CC[C@@]2(O)CCc1ccc2ccccc2c1. The van der Waals surface area contributed by atoms with Gasteiger partial charge in [-0.1, -0.05) is 55.0 Å². The first-order valence-electron chi connectivity index (χ1n) is 11.7. The van der Waals surface area contributed by atoms with E-state index in [0.29, 0.717) is 0 Å². The van der Waals surface area contributed by atoms with Gasteiger partial charge >= 0.3 is 0 Å². The molecule has 6 rings (SSSR count). The van der Waals surface area contributed by atoms with E-state index in [0.717, 1.165) is 49.0 Å². The summed E-state index contributed by atoms with van der Waals surface area (Å²) in [5.41, 5.74) is 4.55. The molecular formula is C29H27FN2O. The quantitative estimate of drug-likeness (QED) is 0.408. The first-order valence-corrected chi connectivity index (χ1v) is 11.7. The molecule has 2 atom stereocenters. The van der Waals surface area contributed by atoms with Gasteiger partial charge in [-0.05, 0) is 84.3 Å². The summed E-state index contributed by atoms with van der Waals surface area (Å²) in [6.45, 7) is 2.21. The van der Waals surface area contributed by atoms with E-state index in [-0.39, 0.29) is 11.2 Å². The predicted molar refractivity (Wildman–Crippen MR) is 130 cm³/mol. The molecule has 0 spiro atoms. The Balaban J connectivity index is 1.28. The first kappa shape index (κ1) is 20.4. The average Bonchev–Trinajstić information content (AvgIpc) is 3.34. The van der Waals surface area contributed by atoms with Crippen LogP contribution in [0, 0.1) is 11.2 Å². The second kappa shape index (κ2) is 7.39. The maximum Gasteiger partial charge on any atom is 0.123 e. The highest BCUT2D eigenvalue weighted by molar-refractivity contribution is 5.83. The Kier molecular flexibility index (Phi) is 4.56. The second-order valence-electron chi connectivity index (χ2n) is 9.83. The first-order chi connectivity index (χ1) is 16.0. The molecule has 2 aliphatic carbocycles. The van der Waals surface area contributed by atoms with Crippen LogP contribution >= 0.6 is 0 Å². The molecule has 4 heteroatoms. The monoisotopic (exact) mass is 438 g/mol. The summed E-state index contributed by atoms with van der Waals surface area (Å²) < 4.78 is 15.3. The van der Waals surface area contributed by atoms with E-state index < -0.39 is 5.60 Å². The van der Waals surface area contributed by atoms with Crippen LogP contribution < -0.4 is 0 Å². The van der Waals surface area contributed by atoms with Gasteiger partial charge in [0.1, 0.15) is 5.82 Å². The normalized spacial score (nSPS) is 23.9. The van der Waals surface area contributed by atoms with Crippen LogP contribution in [0.2, 0.25) is 0 Å². The minimum absolute atomic E-state index is 0.252. The largest absolute Gasteiger partial charge is 0.389 e. The van der Waals surface area contributed by atoms with Crippen LogP contribution in [0.3, 0.4) is 0 Å². The fourth-order valence-electron chi connectivity index (χ4n) is 5.86. The number of rotatable bonds is 4. The van der Waals surface area contributed by atoms with Crippen LogP contribution in [-0.2, 0) is 12.8 Å². The van der Waals surface area contributed by atoms with Gasteiger partial charge in [-0.15, -0.1) is 0 Å². The summed E-state index contributed by atoms with van der Waals surface area (Å²) in [5.74, 6) is -0.252. The summed E-state index contributed by atoms with van der Waals surface area (Å²) in [4.78, 5) is 0. The van der Waals surface area contributed by atoms with Gasteiger partial charge in [-0.2, -0.15) is 5.10 Å². The van der Waals surface area contributed by atoms with Crippen LogP contribution in [0.5, 0.6) is 0 Å². The lowest BCUT2D eigenvalue weighted by molar-refractivity contribution is -0.0461. The molecular weight excluding hydrogens is 411 g/mol. The highest BCUT2D eigenvalue weighted by atomic mass is 19.1. The van der Waals surface area contributed by atoms with Crippen LogP contribution in [0.1, 0.15) is 43.0 Å². The fourth-order valence-corrected chi connectivity index (χ4v) is 5.86. The van der Waals surface area contributed by atoms with Gasteiger partial charge in [0.15, 0.2) is 0 Å². The zero-order chi connectivity index (χ0) is 22.6. The lowest BCUT2D eigenvalue weighted by Crippen LogP contribution is -2.45. The summed E-state index contributed by atoms with van der Waals surface area (Å²) in [6, 6.07) is 21.5. The highest BCUT2D eigenvalue weighted by Crippen LogP contribution is 2.56. The number of fused-ring (bicyclic) bond motifs is 3. The number of nitrogens with zero attached hydrogens (tertiary/aromatic N) is 2. The van der Waals surface area contributed by atoms with Gasteiger partial charge in [-0.25, -0.2) is 9.07 Å². The third kappa shape index (κ3) is 3.24. The van der Waals surface area contributed by atoms with E-state index in [1.165, 1.54) is 34.0 Å². The standard InChI is InChI=1S/C29H27FN2O/c1-28-18-23-19-31-32(26-10-8-25(30)9-11-26)27(23)17-24(28)13-15-29(28,33)14-12-20-6-7-21-4-2-3-5-22(21)16-20/h2-11,16-17,19,33H,12-15,18H2,1H3/t28-,29-/m0/s1. The van der Waals surface area contributed by atoms with Crippen molar-refractivity contribution in [3.8, 4) is 5.69 Å². The molecule has 33 heavy (non-hydrogen) atoms. The summed E-state index contributed by atoms with van der Waals surface area (Å²) in [7, 11) is 0. The van der Waals surface area contributed by atoms with Crippen molar-refractivity contribution in [2.75, 3.05) is 0 Å². The van der Waals surface area contributed by atoms with Crippen LogP contribution in [0.15, 0.2) is 78.5 Å². The van der Waals surface area contributed by atoms with E-state index in [4.69, 9.17) is 0 Å². The highest BCUT2D eigenvalue weighted by Gasteiger charge is 2.54. The van der Waals surface area contributed by atoms with Crippen molar-refractivity contribution < 1.29 is 9.50 Å². The van der Waals surface area contributed by atoms with Crippen molar-refractivity contribution in [3.63, 3.8) is 0 Å². The Hall–Kier alpha value is -3.24. The predicted octanol–water partition coefficient (Wildman–Crippen LogP) is 6.27. The van der Waals surface area contributed by atoms with Crippen LogP contribution in [-0.4, -0.2) is 20.5 Å². The smallest absolute Gasteiger partial charge is 0.123 e. The molecule has 4 aromatic rings. The van der Waals surface area contributed by atoms with Gasteiger partial charge < -0.3 is 5.11 Å². The lowest BCUT2D eigenvalue weighted by Gasteiger charge is -2.42. The molecule has 166 valence electrons. The molecule has 1 heterocycles. The van der Waals surface area contributed by atoms with Gasteiger partial charge in [0.25, 0.3) is 0 Å². The Morgan fingerprint density at radius 2 is 1.82 bits per heavy atom. The molecule has 3 nitrogen and oxygen atoms in total.